The molecule has 0 fully saturated rings. The monoisotopic (exact) mass is 277 g/mol. The molecule has 0 unspecified atom stereocenters. The third kappa shape index (κ3) is 2.34. The highest BCUT2D eigenvalue weighted by Crippen LogP contribution is 2.26. The molecule has 90 valence electrons. The van der Waals surface area contributed by atoms with E-state index in [1.165, 1.54) is 11.3 Å². The highest BCUT2D eigenvalue weighted by molar-refractivity contribution is 7.14. The van der Waals surface area contributed by atoms with Crippen molar-refractivity contribution < 1.29 is 0 Å². The van der Waals surface area contributed by atoms with E-state index in [4.69, 9.17) is 11.6 Å². The van der Waals surface area contributed by atoms with E-state index in [1.54, 1.807) is 18.5 Å². The van der Waals surface area contributed by atoms with Crippen LogP contribution in [0.15, 0.2) is 36.0 Å². The summed E-state index contributed by atoms with van der Waals surface area (Å²) in [5.74, 6) is 0.676. The van der Waals surface area contributed by atoms with Crippen LogP contribution in [0.2, 0.25) is 5.15 Å². The molecule has 5 nitrogen and oxygen atoms in total. The van der Waals surface area contributed by atoms with E-state index in [1.807, 2.05) is 17.5 Å². The van der Waals surface area contributed by atoms with Crippen molar-refractivity contribution >= 4 is 33.9 Å². The minimum atomic E-state index is 0.451. The molecule has 3 aromatic heterocycles. The summed E-state index contributed by atoms with van der Waals surface area (Å²) in [7, 11) is 0. The molecule has 0 aromatic carbocycles. The number of nitrogens with zero attached hydrogens (tertiary/aromatic N) is 3. The first-order chi connectivity index (χ1) is 8.81. The predicted molar refractivity (Wildman–Crippen MR) is 72.2 cm³/mol. The highest BCUT2D eigenvalue weighted by atomic mass is 35.5. The van der Waals surface area contributed by atoms with Gasteiger partial charge in [-0.3, -0.25) is 5.10 Å². The highest BCUT2D eigenvalue weighted by Gasteiger charge is 2.06. The SMILES string of the molecule is Clc1cccc(Nc2nc(-c3cn[nH]c3)cs2)n1. The molecule has 18 heavy (non-hydrogen) atoms. The summed E-state index contributed by atoms with van der Waals surface area (Å²) in [6.45, 7) is 0. The van der Waals surface area contributed by atoms with Crippen LogP contribution in [-0.4, -0.2) is 20.2 Å². The largest absolute Gasteiger partial charge is 0.316 e. The van der Waals surface area contributed by atoms with Crippen molar-refractivity contribution in [1.29, 1.82) is 0 Å². The second kappa shape index (κ2) is 4.75. The fourth-order valence-electron chi connectivity index (χ4n) is 1.44. The Kier molecular flexibility index (Phi) is 2.95. The quantitative estimate of drug-likeness (QED) is 0.721. The lowest BCUT2D eigenvalue weighted by atomic mass is 10.3. The first kappa shape index (κ1) is 11.2. The van der Waals surface area contributed by atoms with E-state index >= 15 is 0 Å². The number of halogens is 1. The molecule has 0 aliphatic heterocycles. The second-order valence-electron chi connectivity index (χ2n) is 3.50. The van der Waals surface area contributed by atoms with Crippen LogP contribution < -0.4 is 5.32 Å². The maximum Gasteiger partial charge on any atom is 0.188 e. The number of aromatic nitrogens is 4. The fraction of sp³-hybridized carbons (Fsp3) is 0. The minimum Gasteiger partial charge on any atom is -0.316 e. The van der Waals surface area contributed by atoms with E-state index in [0.29, 0.717) is 11.0 Å². The van der Waals surface area contributed by atoms with E-state index in [-0.39, 0.29) is 0 Å². The molecule has 3 aromatic rings. The van der Waals surface area contributed by atoms with Gasteiger partial charge >= 0.3 is 0 Å². The van der Waals surface area contributed by atoms with E-state index in [2.05, 4.69) is 25.5 Å². The van der Waals surface area contributed by atoms with Gasteiger partial charge < -0.3 is 5.32 Å². The lowest BCUT2D eigenvalue weighted by molar-refractivity contribution is 1.09. The van der Waals surface area contributed by atoms with Gasteiger partial charge in [-0.15, -0.1) is 11.3 Å². The predicted octanol–water partition coefficient (Wildman–Crippen LogP) is 3.33. The summed E-state index contributed by atoms with van der Waals surface area (Å²) < 4.78 is 0. The maximum atomic E-state index is 5.82. The topological polar surface area (TPSA) is 66.5 Å². The van der Waals surface area contributed by atoms with Crippen molar-refractivity contribution in [2.75, 3.05) is 5.32 Å². The molecule has 2 N–H and O–H groups in total. The van der Waals surface area contributed by atoms with Crippen LogP contribution in [0, 0.1) is 0 Å². The zero-order chi connectivity index (χ0) is 12.4. The standard InChI is InChI=1S/C11H8ClN5S/c12-9-2-1-3-10(16-9)17-11-15-8(6-18-11)7-4-13-14-5-7/h1-6H,(H,13,14)(H,15,16,17). The number of rotatable bonds is 3. The molecule has 0 radical (unpaired) electrons. The molecule has 0 amide bonds. The Morgan fingerprint density at radius 3 is 3.00 bits per heavy atom. The molecule has 0 aliphatic rings. The number of thiazole rings is 1. The maximum absolute atomic E-state index is 5.82. The molecule has 3 heterocycles. The van der Waals surface area contributed by atoms with E-state index in [0.717, 1.165) is 16.4 Å². The van der Waals surface area contributed by atoms with Gasteiger partial charge in [-0.1, -0.05) is 17.7 Å². The van der Waals surface area contributed by atoms with Gasteiger partial charge in [0.2, 0.25) is 0 Å². The molecule has 7 heteroatoms. The first-order valence-electron chi connectivity index (χ1n) is 5.15. The van der Waals surface area contributed by atoms with Crippen LogP contribution in [0.1, 0.15) is 0 Å². The Bertz CT molecular complexity index is 649. The summed E-state index contributed by atoms with van der Waals surface area (Å²) in [5, 5.41) is 12.9. The van der Waals surface area contributed by atoms with Crippen LogP contribution in [-0.2, 0) is 0 Å². The Labute approximate surface area is 112 Å². The lowest BCUT2D eigenvalue weighted by Gasteiger charge is -2.00. The summed E-state index contributed by atoms with van der Waals surface area (Å²) in [5.41, 5.74) is 1.83. The first-order valence-corrected chi connectivity index (χ1v) is 6.41. The van der Waals surface area contributed by atoms with Gasteiger partial charge in [0.1, 0.15) is 11.0 Å². The molecular weight excluding hydrogens is 270 g/mol. The second-order valence-corrected chi connectivity index (χ2v) is 4.74. The van der Waals surface area contributed by atoms with Crippen molar-refractivity contribution in [3.05, 3.63) is 41.1 Å². The number of pyridine rings is 1. The van der Waals surface area contributed by atoms with Gasteiger partial charge in [-0.25, -0.2) is 9.97 Å². The van der Waals surface area contributed by atoms with E-state index in [9.17, 15) is 0 Å². The summed E-state index contributed by atoms with van der Waals surface area (Å²) in [6.07, 6.45) is 3.53. The Hall–Kier alpha value is -1.92. The average Bonchev–Trinajstić information content (AvgIpc) is 2.98. The van der Waals surface area contributed by atoms with Gasteiger partial charge in [-0.05, 0) is 12.1 Å². The van der Waals surface area contributed by atoms with Gasteiger partial charge in [0.05, 0.1) is 11.9 Å². The Balaban J connectivity index is 1.82. The molecule has 0 bridgehead atoms. The van der Waals surface area contributed by atoms with Crippen molar-refractivity contribution in [2.45, 2.75) is 0 Å². The Morgan fingerprint density at radius 2 is 2.22 bits per heavy atom. The lowest BCUT2D eigenvalue weighted by Crippen LogP contribution is -1.92. The number of anilines is 2. The molecule has 0 aliphatic carbocycles. The molecule has 0 spiro atoms. The number of nitrogens with one attached hydrogen (secondary N) is 2. The molecule has 0 atom stereocenters. The molecule has 0 saturated heterocycles. The number of aromatic amines is 1. The molecule has 3 rings (SSSR count). The average molecular weight is 278 g/mol. The number of H-pyrrole nitrogens is 1. The van der Waals surface area contributed by atoms with Crippen LogP contribution in [0.5, 0.6) is 0 Å². The normalized spacial score (nSPS) is 10.5. The van der Waals surface area contributed by atoms with Crippen molar-refractivity contribution in [3.63, 3.8) is 0 Å². The minimum absolute atomic E-state index is 0.451. The number of hydrogen-bond donors (Lipinski definition) is 2. The molecule has 0 saturated carbocycles. The summed E-state index contributed by atoms with van der Waals surface area (Å²) in [6, 6.07) is 5.40. The van der Waals surface area contributed by atoms with Crippen LogP contribution in [0.25, 0.3) is 11.3 Å². The Morgan fingerprint density at radius 1 is 1.28 bits per heavy atom. The van der Waals surface area contributed by atoms with Crippen LogP contribution >= 0.6 is 22.9 Å². The summed E-state index contributed by atoms with van der Waals surface area (Å²) in [4.78, 5) is 8.58. The van der Waals surface area contributed by atoms with Gasteiger partial charge in [0.15, 0.2) is 5.13 Å². The van der Waals surface area contributed by atoms with Crippen molar-refractivity contribution in [3.8, 4) is 11.3 Å². The van der Waals surface area contributed by atoms with Gasteiger partial charge in [0.25, 0.3) is 0 Å². The third-order valence-electron chi connectivity index (χ3n) is 2.25. The zero-order valence-corrected chi connectivity index (χ0v) is 10.7. The summed E-state index contributed by atoms with van der Waals surface area (Å²) >= 11 is 7.32. The smallest absolute Gasteiger partial charge is 0.188 e. The van der Waals surface area contributed by atoms with Crippen LogP contribution in [0.3, 0.4) is 0 Å². The van der Waals surface area contributed by atoms with Gasteiger partial charge in [-0.2, -0.15) is 5.10 Å². The molecular formula is C11H8ClN5S. The van der Waals surface area contributed by atoms with Crippen LogP contribution in [0.4, 0.5) is 10.9 Å². The zero-order valence-electron chi connectivity index (χ0n) is 9.09. The number of hydrogen-bond acceptors (Lipinski definition) is 5. The third-order valence-corrected chi connectivity index (χ3v) is 3.22. The van der Waals surface area contributed by atoms with E-state index < -0.39 is 0 Å². The fourth-order valence-corrected chi connectivity index (χ4v) is 2.33. The van der Waals surface area contributed by atoms with Crippen molar-refractivity contribution in [1.82, 2.24) is 20.2 Å². The van der Waals surface area contributed by atoms with Crippen molar-refractivity contribution in [2.24, 2.45) is 0 Å². The van der Waals surface area contributed by atoms with Gasteiger partial charge in [0, 0.05) is 17.1 Å².